The Morgan fingerprint density at radius 2 is 1.75 bits per heavy atom. The Morgan fingerprint density at radius 3 is 2.45 bits per heavy atom. The van der Waals surface area contributed by atoms with E-state index < -0.39 is 0 Å². The molecule has 2 aromatic heterocycles. The van der Waals surface area contributed by atoms with Gasteiger partial charge in [0.2, 0.25) is 0 Å². The summed E-state index contributed by atoms with van der Waals surface area (Å²) < 4.78 is 0. The molecule has 0 radical (unpaired) electrons. The Kier molecular flexibility index (Phi) is 4.25. The summed E-state index contributed by atoms with van der Waals surface area (Å²) >= 11 is 0. The molecule has 0 amide bonds. The van der Waals surface area contributed by atoms with E-state index >= 15 is 0 Å². The van der Waals surface area contributed by atoms with Gasteiger partial charge in [-0.25, -0.2) is 15.0 Å². The Morgan fingerprint density at radius 1 is 0.950 bits per heavy atom. The van der Waals surface area contributed by atoms with Gasteiger partial charge in [-0.05, 0) is 30.7 Å². The summed E-state index contributed by atoms with van der Waals surface area (Å²) in [5, 5.41) is 1.03. The van der Waals surface area contributed by atoms with Gasteiger partial charge in [0.25, 0.3) is 0 Å². The summed E-state index contributed by atoms with van der Waals surface area (Å²) in [7, 11) is 0. The first-order chi connectivity index (χ1) is 9.72. The van der Waals surface area contributed by atoms with Crippen LogP contribution in [0.1, 0.15) is 19.4 Å². The Labute approximate surface area is 118 Å². The van der Waals surface area contributed by atoms with E-state index in [1.807, 2.05) is 45.2 Å². The fourth-order valence-electron chi connectivity index (χ4n) is 1.81. The van der Waals surface area contributed by atoms with Crippen LogP contribution in [0, 0.1) is 6.92 Å². The number of hydrogen-bond acceptors (Lipinski definition) is 4. The standard InChI is InChI=1S/C14H12N4.C2H6/c1-9-2-3-10-7-17-14(18-12(10)6-9)11-4-5-13(15)16-8-11;1-2/h2-8H,1H3,(H2,15,16);1-2H3. The van der Waals surface area contributed by atoms with Gasteiger partial charge in [-0.15, -0.1) is 0 Å². The molecule has 1 aromatic carbocycles. The van der Waals surface area contributed by atoms with E-state index in [0.717, 1.165) is 16.5 Å². The summed E-state index contributed by atoms with van der Waals surface area (Å²) in [5.41, 5.74) is 8.56. The van der Waals surface area contributed by atoms with Crippen molar-refractivity contribution in [1.82, 2.24) is 15.0 Å². The van der Waals surface area contributed by atoms with Crippen molar-refractivity contribution in [1.29, 1.82) is 0 Å². The van der Waals surface area contributed by atoms with E-state index in [-0.39, 0.29) is 0 Å². The van der Waals surface area contributed by atoms with Crippen LogP contribution in [0.4, 0.5) is 5.82 Å². The summed E-state index contributed by atoms with van der Waals surface area (Å²) in [4.78, 5) is 12.9. The number of fused-ring (bicyclic) bond motifs is 1. The molecule has 0 aliphatic heterocycles. The number of nitrogens with zero attached hydrogens (tertiary/aromatic N) is 3. The lowest BCUT2D eigenvalue weighted by Gasteiger charge is -2.03. The molecule has 0 saturated heterocycles. The quantitative estimate of drug-likeness (QED) is 0.730. The molecule has 0 aliphatic carbocycles. The predicted molar refractivity (Wildman–Crippen MR) is 83.3 cm³/mol. The predicted octanol–water partition coefficient (Wildman–Crippen LogP) is 3.61. The van der Waals surface area contributed by atoms with Crippen molar-refractivity contribution in [2.75, 3.05) is 5.73 Å². The first-order valence-corrected chi connectivity index (χ1v) is 6.68. The monoisotopic (exact) mass is 266 g/mol. The van der Waals surface area contributed by atoms with Crippen LogP contribution >= 0.6 is 0 Å². The molecule has 2 N–H and O–H groups in total. The molecule has 0 saturated carbocycles. The van der Waals surface area contributed by atoms with Gasteiger partial charge in [-0.2, -0.15) is 0 Å². The summed E-state index contributed by atoms with van der Waals surface area (Å²) in [6, 6.07) is 9.75. The number of nitrogens with two attached hydrogens (primary N) is 1. The van der Waals surface area contributed by atoms with Gasteiger partial charge < -0.3 is 5.73 Å². The van der Waals surface area contributed by atoms with Crippen molar-refractivity contribution in [3.63, 3.8) is 0 Å². The molecule has 20 heavy (non-hydrogen) atoms. The van der Waals surface area contributed by atoms with E-state index in [1.54, 1.807) is 12.3 Å². The van der Waals surface area contributed by atoms with Crippen LogP contribution in [-0.4, -0.2) is 15.0 Å². The maximum atomic E-state index is 5.56. The van der Waals surface area contributed by atoms with Crippen LogP contribution in [0.15, 0.2) is 42.7 Å². The lowest BCUT2D eigenvalue weighted by atomic mass is 10.1. The number of rotatable bonds is 1. The highest BCUT2D eigenvalue weighted by Crippen LogP contribution is 2.19. The smallest absolute Gasteiger partial charge is 0.161 e. The fourth-order valence-corrected chi connectivity index (χ4v) is 1.81. The van der Waals surface area contributed by atoms with Crippen LogP contribution < -0.4 is 5.73 Å². The van der Waals surface area contributed by atoms with Crippen molar-refractivity contribution in [3.05, 3.63) is 48.3 Å². The molecule has 0 spiro atoms. The lowest BCUT2D eigenvalue weighted by Crippen LogP contribution is -1.93. The third kappa shape index (κ3) is 2.91. The molecule has 102 valence electrons. The number of aryl methyl sites for hydroxylation is 1. The molecular weight excluding hydrogens is 248 g/mol. The molecule has 3 rings (SSSR count). The van der Waals surface area contributed by atoms with Crippen molar-refractivity contribution in [3.8, 4) is 11.4 Å². The lowest BCUT2D eigenvalue weighted by molar-refractivity contribution is 1.21. The minimum absolute atomic E-state index is 0.496. The summed E-state index contributed by atoms with van der Waals surface area (Å²) in [6.45, 7) is 6.05. The number of pyridine rings is 1. The number of benzene rings is 1. The second-order valence-electron chi connectivity index (χ2n) is 4.23. The Bertz CT molecular complexity index is 705. The van der Waals surface area contributed by atoms with Crippen molar-refractivity contribution >= 4 is 16.7 Å². The van der Waals surface area contributed by atoms with Gasteiger partial charge in [-0.1, -0.05) is 26.0 Å². The molecule has 4 nitrogen and oxygen atoms in total. The van der Waals surface area contributed by atoms with E-state index in [4.69, 9.17) is 5.73 Å². The zero-order valence-electron chi connectivity index (χ0n) is 12.0. The zero-order valence-corrected chi connectivity index (χ0v) is 12.0. The minimum atomic E-state index is 0.496. The average Bonchev–Trinajstić information content (AvgIpc) is 2.49. The molecule has 2 heterocycles. The summed E-state index contributed by atoms with van der Waals surface area (Å²) in [5.74, 6) is 1.16. The van der Waals surface area contributed by atoms with Crippen molar-refractivity contribution in [2.24, 2.45) is 0 Å². The van der Waals surface area contributed by atoms with Gasteiger partial charge in [-0.3, -0.25) is 0 Å². The first-order valence-electron chi connectivity index (χ1n) is 6.68. The molecule has 0 unspecified atom stereocenters. The van der Waals surface area contributed by atoms with E-state index in [1.165, 1.54) is 5.56 Å². The first kappa shape index (κ1) is 13.9. The van der Waals surface area contributed by atoms with Crippen LogP contribution in [0.5, 0.6) is 0 Å². The van der Waals surface area contributed by atoms with Crippen molar-refractivity contribution < 1.29 is 0 Å². The van der Waals surface area contributed by atoms with Crippen LogP contribution in [-0.2, 0) is 0 Å². The highest BCUT2D eigenvalue weighted by molar-refractivity contribution is 5.80. The van der Waals surface area contributed by atoms with Crippen LogP contribution in [0.3, 0.4) is 0 Å². The second-order valence-corrected chi connectivity index (χ2v) is 4.23. The zero-order chi connectivity index (χ0) is 14.5. The van der Waals surface area contributed by atoms with Crippen LogP contribution in [0.2, 0.25) is 0 Å². The third-order valence-corrected chi connectivity index (χ3v) is 2.78. The molecule has 3 aromatic rings. The molecular formula is C16H18N4. The minimum Gasteiger partial charge on any atom is -0.384 e. The molecule has 0 fully saturated rings. The number of aromatic nitrogens is 3. The highest BCUT2D eigenvalue weighted by Gasteiger charge is 2.03. The molecule has 4 heteroatoms. The Balaban J connectivity index is 0.000000704. The third-order valence-electron chi connectivity index (χ3n) is 2.78. The van der Waals surface area contributed by atoms with Crippen LogP contribution in [0.25, 0.3) is 22.3 Å². The Hall–Kier alpha value is -2.49. The number of hydrogen-bond donors (Lipinski definition) is 1. The highest BCUT2D eigenvalue weighted by atomic mass is 14.9. The van der Waals surface area contributed by atoms with Gasteiger partial charge >= 0.3 is 0 Å². The van der Waals surface area contributed by atoms with E-state index in [0.29, 0.717) is 11.6 Å². The number of nitrogen functional groups attached to an aromatic ring is 1. The molecule has 0 atom stereocenters. The van der Waals surface area contributed by atoms with E-state index in [2.05, 4.69) is 21.0 Å². The van der Waals surface area contributed by atoms with E-state index in [9.17, 15) is 0 Å². The second kappa shape index (κ2) is 6.10. The molecule has 0 aliphatic rings. The summed E-state index contributed by atoms with van der Waals surface area (Å²) in [6.07, 6.45) is 3.51. The normalized spacial score (nSPS) is 9.95. The largest absolute Gasteiger partial charge is 0.384 e. The fraction of sp³-hybridized carbons (Fsp3) is 0.188. The van der Waals surface area contributed by atoms with Gasteiger partial charge in [0.15, 0.2) is 5.82 Å². The number of anilines is 1. The SMILES string of the molecule is CC.Cc1ccc2cnc(-c3ccc(N)nc3)nc2c1. The average molecular weight is 266 g/mol. The van der Waals surface area contributed by atoms with Gasteiger partial charge in [0.1, 0.15) is 5.82 Å². The van der Waals surface area contributed by atoms with Gasteiger partial charge in [0, 0.05) is 23.3 Å². The van der Waals surface area contributed by atoms with Gasteiger partial charge in [0.05, 0.1) is 5.52 Å². The topological polar surface area (TPSA) is 64.7 Å². The maximum Gasteiger partial charge on any atom is 0.161 e. The molecule has 0 bridgehead atoms. The maximum absolute atomic E-state index is 5.56. The van der Waals surface area contributed by atoms with Crippen molar-refractivity contribution in [2.45, 2.75) is 20.8 Å².